The van der Waals surface area contributed by atoms with Crippen LogP contribution in [-0.2, 0) is 52.3 Å². The molecule has 0 amide bonds. The van der Waals surface area contributed by atoms with Crippen LogP contribution in [0, 0.1) is 17.8 Å². The van der Waals surface area contributed by atoms with Gasteiger partial charge in [0.25, 0.3) is 0 Å². The molecule has 0 aromatic heterocycles. The molecule has 0 aliphatic carbocycles. The molecule has 0 aromatic rings. The molecule has 0 aromatic carbocycles. The molecule has 4 N–H and O–H groups in total. The molecule has 340 valence electrons. The van der Waals surface area contributed by atoms with Crippen molar-refractivity contribution in [3.8, 4) is 0 Å². The van der Waals surface area contributed by atoms with Gasteiger partial charge in [-0.25, -0.2) is 0 Å². The number of cyclic esters (lactones) is 1. The molecular formula is C41H76N2O15. The van der Waals surface area contributed by atoms with Crippen molar-refractivity contribution >= 4 is 11.7 Å². The van der Waals surface area contributed by atoms with Crippen LogP contribution in [0.3, 0.4) is 0 Å². The number of hydrogen-bond acceptors (Lipinski definition) is 17. The van der Waals surface area contributed by atoms with Gasteiger partial charge < -0.3 is 72.8 Å². The Labute approximate surface area is 345 Å². The zero-order valence-corrected chi connectivity index (χ0v) is 37.4. The smallest absolute Gasteiger partial charge is 0.311 e. The third-order valence-electron chi connectivity index (χ3n) is 12.4. The van der Waals surface area contributed by atoms with Crippen molar-refractivity contribution in [2.24, 2.45) is 22.9 Å². The summed E-state index contributed by atoms with van der Waals surface area (Å²) in [5, 5.41) is 51.9. The second-order valence-corrected chi connectivity index (χ2v) is 17.5. The summed E-state index contributed by atoms with van der Waals surface area (Å²) in [6, 6.07) is -0.306. The van der Waals surface area contributed by atoms with E-state index >= 15 is 0 Å². The Hall–Kier alpha value is -1.58. The lowest BCUT2D eigenvalue weighted by molar-refractivity contribution is -0.307. The van der Waals surface area contributed by atoms with Crippen LogP contribution in [0.2, 0.25) is 0 Å². The van der Waals surface area contributed by atoms with E-state index in [0.29, 0.717) is 18.7 Å². The van der Waals surface area contributed by atoms with Crippen LogP contribution in [-0.4, -0.2) is 177 Å². The van der Waals surface area contributed by atoms with Gasteiger partial charge in [-0.1, -0.05) is 25.9 Å². The van der Waals surface area contributed by atoms with Gasteiger partial charge in [0.2, 0.25) is 6.79 Å². The summed E-state index contributed by atoms with van der Waals surface area (Å²) in [7, 11) is 8.27. The molecule has 17 heteroatoms. The first-order chi connectivity index (χ1) is 27.1. The van der Waals surface area contributed by atoms with E-state index in [1.165, 1.54) is 14.2 Å². The van der Waals surface area contributed by atoms with Crippen molar-refractivity contribution in [1.29, 1.82) is 0 Å². The molecule has 3 saturated heterocycles. The standard InChI is InChI=1S/C41H76N2O15/c1-15-30-41(9,48)36(50-13)26(5)33(42-53-22-52-17-16-49-12)23(2)20-39(7,47)31(58-38-34(44)28(43(10)11)18-24(3)54-38)19-29(25(4)37(46)57-30)56-32-21-40(8,51-14)35(45)27(6)55-32/h23-32,34-36,38,44-45,47-48H,15-22H2,1-14H3/b42-33+/t23-,24-,25-,26+,27+,28+,29+,30-,31-,32+,34-,35+,36-,38+,39-,40-,41-/m1/s1. The molecule has 3 aliphatic rings. The van der Waals surface area contributed by atoms with Crippen LogP contribution < -0.4 is 0 Å². The van der Waals surface area contributed by atoms with Crippen molar-refractivity contribution in [3.63, 3.8) is 0 Å². The molecule has 3 aliphatic heterocycles. The summed E-state index contributed by atoms with van der Waals surface area (Å²) < 4.78 is 54.1. The zero-order chi connectivity index (χ0) is 43.7. The van der Waals surface area contributed by atoms with E-state index in [9.17, 15) is 25.2 Å². The fraction of sp³-hybridized carbons (Fsp3) is 0.951. The van der Waals surface area contributed by atoms with Gasteiger partial charge in [0, 0.05) is 52.0 Å². The SMILES string of the molecule is CC[C@H]1OC(=O)[C@H](C)[C@@H](O[C@H]2C[C@@](C)(OC)[C@@H](O)[C@H](C)O2)C[C@@H](O[C@@H]2O[C@H](C)C[C@H](N(C)C)[C@H]2O)[C@](C)(O)C[C@@H](C)/C(=N\OCOCCOC)[C@H](C)[C@@H](OC)[C@]1(C)O. The van der Waals surface area contributed by atoms with Crippen molar-refractivity contribution in [1.82, 2.24) is 4.90 Å². The molecule has 0 bridgehead atoms. The van der Waals surface area contributed by atoms with Gasteiger partial charge >= 0.3 is 5.97 Å². The number of hydrogen-bond donors (Lipinski definition) is 4. The average molecular weight is 837 g/mol. The van der Waals surface area contributed by atoms with Crippen molar-refractivity contribution in [3.05, 3.63) is 0 Å². The Kier molecular flexibility index (Phi) is 19.2. The molecule has 0 unspecified atom stereocenters. The number of nitrogens with zero attached hydrogens (tertiary/aromatic N) is 2. The maximum Gasteiger partial charge on any atom is 0.311 e. The molecule has 17 nitrogen and oxygen atoms in total. The molecule has 17 atom stereocenters. The predicted octanol–water partition coefficient (Wildman–Crippen LogP) is 2.62. The van der Waals surface area contributed by atoms with Crippen LogP contribution in [0.15, 0.2) is 5.16 Å². The van der Waals surface area contributed by atoms with E-state index in [0.717, 1.165) is 0 Å². The molecule has 3 heterocycles. The third kappa shape index (κ3) is 12.5. The van der Waals surface area contributed by atoms with Crippen LogP contribution in [0.4, 0.5) is 0 Å². The maximum absolute atomic E-state index is 14.3. The molecule has 3 rings (SSSR count). The summed E-state index contributed by atoms with van der Waals surface area (Å²) in [6.45, 7) is 16.2. The lowest BCUT2D eigenvalue weighted by Crippen LogP contribution is -2.59. The number of oxime groups is 1. The number of ether oxygens (including phenoxy) is 9. The molecular weight excluding hydrogens is 760 g/mol. The van der Waals surface area contributed by atoms with Gasteiger partial charge in [0.15, 0.2) is 12.6 Å². The maximum atomic E-state index is 14.3. The zero-order valence-electron chi connectivity index (χ0n) is 37.4. The minimum absolute atomic E-state index is 0.0381. The van der Waals surface area contributed by atoms with Gasteiger partial charge in [-0.05, 0) is 74.9 Å². The first kappa shape index (κ1) is 50.8. The highest BCUT2D eigenvalue weighted by atomic mass is 16.7. The van der Waals surface area contributed by atoms with E-state index in [-0.39, 0.29) is 51.2 Å². The number of rotatable bonds is 14. The van der Waals surface area contributed by atoms with Gasteiger partial charge in [-0.3, -0.25) is 4.79 Å². The van der Waals surface area contributed by atoms with Crippen molar-refractivity contribution < 1.29 is 72.7 Å². The van der Waals surface area contributed by atoms with E-state index in [1.807, 2.05) is 39.8 Å². The summed E-state index contributed by atoms with van der Waals surface area (Å²) >= 11 is 0. The Bertz CT molecular complexity index is 1290. The Morgan fingerprint density at radius 1 is 0.914 bits per heavy atom. The van der Waals surface area contributed by atoms with E-state index in [4.69, 9.17) is 47.5 Å². The monoisotopic (exact) mass is 837 g/mol. The van der Waals surface area contributed by atoms with Crippen molar-refractivity contribution in [2.45, 2.75) is 179 Å². The van der Waals surface area contributed by atoms with Gasteiger partial charge in [0.1, 0.15) is 23.9 Å². The quantitative estimate of drug-likeness (QED) is 0.0859. The minimum Gasteiger partial charge on any atom is -0.459 e. The lowest BCUT2D eigenvalue weighted by Gasteiger charge is -2.47. The largest absolute Gasteiger partial charge is 0.459 e. The van der Waals surface area contributed by atoms with E-state index in [1.54, 1.807) is 48.7 Å². The summed E-state index contributed by atoms with van der Waals surface area (Å²) in [4.78, 5) is 21.9. The number of aliphatic hydroxyl groups excluding tert-OH is 2. The number of methoxy groups -OCH3 is 3. The molecule has 0 saturated carbocycles. The van der Waals surface area contributed by atoms with Crippen molar-refractivity contribution in [2.75, 3.05) is 55.4 Å². The highest BCUT2D eigenvalue weighted by Crippen LogP contribution is 2.39. The van der Waals surface area contributed by atoms with E-state index in [2.05, 4.69) is 5.16 Å². The summed E-state index contributed by atoms with van der Waals surface area (Å²) in [5.74, 6) is -2.83. The second kappa shape index (κ2) is 22.0. The highest BCUT2D eigenvalue weighted by molar-refractivity contribution is 5.88. The minimum atomic E-state index is -1.73. The Morgan fingerprint density at radius 2 is 1.59 bits per heavy atom. The number of esters is 1. The van der Waals surface area contributed by atoms with Crippen LogP contribution >= 0.6 is 0 Å². The first-order valence-corrected chi connectivity index (χ1v) is 20.7. The number of aliphatic hydroxyl groups is 4. The van der Waals surface area contributed by atoms with Gasteiger partial charge in [-0.15, -0.1) is 0 Å². The normalized spacial score (nSPS) is 44.5. The number of carbonyl (C=O) groups is 1. The predicted molar refractivity (Wildman–Crippen MR) is 213 cm³/mol. The average Bonchev–Trinajstić information content (AvgIpc) is 3.15. The highest BCUT2D eigenvalue weighted by Gasteiger charge is 2.52. The molecule has 0 spiro atoms. The summed E-state index contributed by atoms with van der Waals surface area (Å²) in [6.07, 6.45) is -8.40. The fourth-order valence-corrected chi connectivity index (χ4v) is 8.77. The molecule has 0 radical (unpaired) electrons. The topological polar surface area (TPSA) is 206 Å². The van der Waals surface area contributed by atoms with E-state index < -0.39 is 95.8 Å². The molecule has 3 fully saturated rings. The first-order valence-electron chi connectivity index (χ1n) is 20.7. The molecule has 58 heavy (non-hydrogen) atoms. The number of likely N-dealkylation sites (N-methyl/N-ethyl adjacent to an activating group) is 1. The third-order valence-corrected chi connectivity index (χ3v) is 12.4. The van der Waals surface area contributed by atoms with Crippen LogP contribution in [0.25, 0.3) is 0 Å². The lowest BCUT2D eigenvalue weighted by atomic mass is 9.75. The van der Waals surface area contributed by atoms with Crippen LogP contribution in [0.1, 0.15) is 94.4 Å². The summed E-state index contributed by atoms with van der Waals surface area (Å²) in [5.41, 5.74) is -4.02. The fourth-order valence-electron chi connectivity index (χ4n) is 8.77. The number of carbonyl (C=O) groups excluding carboxylic acids is 1. The Morgan fingerprint density at radius 3 is 2.17 bits per heavy atom. The van der Waals surface area contributed by atoms with Crippen LogP contribution in [0.5, 0.6) is 0 Å². The van der Waals surface area contributed by atoms with Gasteiger partial charge in [-0.2, -0.15) is 0 Å². The second-order valence-electron chi connectivity index (χ2n) is 17.5. The Balaban J connectivity index is 2.19. The van der Waals surface area contributed by atoms with Gasteiger partial charge in [0.05, 0.1) is 66.6 Å².